The van der Waals surface area contributed by atoms with Crippen LogP contribution < -0.4 is 10.2 Å². The summed E-state index contributed by atoms with van der Waals surface area (Å²) in [4.78, 5) is 59.7. The van der Waals surface area contributed by atoms with Crippen molar-refractivity contribution in [1.82, 2.24) is 9.88 Å². The zero-order valence-corrected chi connectivity index (χ0v) is 32.4. The summed E-state index contributed by atoms with van der Waals surface area (Å²) < 4.78 is 23.2. The number of H-pyrrole nitrogens is 1. The summed E-state index contributed by atoms with van der Waals surface area (Å²) in [5.41, 5.74) is 1.58. The van der Waals surface area contributed by atoms with Crippen LogP contribution >= 0.6 is 0 Å². The first kappa shape index (κ1) is 38.6. The van der Waals surface area contributed by atoms with Crippen molar-refractivity contribution in [3.05, 3.63) is 136 Å². The zero-order chi connectivity index (χ0) is 39.8. The predicted molar refractivity (Wildman–Crippen MR) is 213 cm³/mol. The molecule has 12 nitrogen and oxygen atoms in total. The van der Waals surface area contributed by atoms with Crippen molar-refractivity contribution in [1.29, 1.82) is 0 Å². The zero-order valence-electron chi connectivity index (χ0n) is 31.4. The molecule has 4 atom stereocenters. The van der Waals surface area contributed by atoms with E-state index in [2.05, 4.69) is 10.3 Å². The third-order valence-electron chi connectivity index (χ3n) is 11.0. The second kappa shape index (κ2) is 15.4. The molecule has 3 amide bonds. The number of benzene rings is 4. The van der Waals surface area contributed by atoms with Crippen LogP contribution in [0.1, 0.15) is 35.6 Å². The normalized spacial score (nSPS) is 20.4. The van der Waals surface area contributed by atoms with E-state index in [0.29, 0.717) is 16.9 Å². The second-order valence-electron chi connectivity index (χ2n) is 15.1. The fraction of sp³-hybridized carbons (Fsp3) is 0.310. The number of aliphatic hydroxyl groups excluding tert-OH is 1. The van der Waals surface area contributed by atoms with E-state index in [1.54, 1.807) is 25.1 Å². The Morgan fingerprint density at radius 1 is 1.04 bits per heavy atom. The Bertz CT molecular complexity index is 2300. The number of anilines is 2. The van der Waals surface area contributed by atoms with Gasteiger partial charge in [-0.1, -0.05) is 67.6 Å². The molecule has 1 fully saturated rings. The van der Waals surface area contributed by atoms with Gasteiger partial charge >= 0.3 is 0 Å². The summed E-state index contributed by atoms with van der Waals surface area (Å²) in [6, 6.07) is 28.3. The molecule has 5 aromatic rings. The number of amides is 3. The Morgan fingerprint density at radius 2 is 1.77 bits per heavy atom. The minimum atomic E-state index is -3.67. The number of aliphatic hydroxyl groups is 1. The monoisotopic (exact) mass is 777 g/mol. The first-order chi connectivity index (χ1) is 26.8. The number of para-hydroxylation sites is 1. The average Bonchev–Trinajstić information content (AvgIpc) is 3.78. The van der Waals surface area contributed by atoms with Gasteiger partial charge in [-0.3, -0.25) is 24.5 Å². The lowest BCUT2D eigenvalue weighted by Crippen LogP contribution is -2.45. The van der Waals surface area contributed by atoms with Crippen molar-refractivity contribution in [3.8, 4) is 0 Å². The van der Waals surface area contributed by atoms with E-state index < -0.39 is 42.4 Å². The van der Waals surface area contributed by atoms with Crippen LogP contribution in [0.3, 0.4) is 0 Å². The van der Waals surface area contributed by atoms with E-state index >= 15 is 4.11 Å². The van der Waals surface area contributed by atoms with Gasteiger partial charge in [0.15, 0.2) is 5.60 Å². The number of hydrogen-bond acceptors (Lipinski definition) is 7. The molecular formula is C42H44FN5O7Si. The van der Waals surface area contributed by atoms with Gasteiger partial charge in [0.1, 0.15) is 0 Å². The highest BCUT2D eigenvalue weighted by Crippen LogP contribution is 2.60. The number of nitrogens with zero attached hydrogens (tertiary/aromatic N) is 3. The maximum Gasteiger partial charge on any atom is 0.269 e. The molecule has 1 saturated heterocycles. The number of rotatable bonds is 13. The molecule has 0 bridgehead atoms. The maximum atomic E-state index is 16.5. The van der Waals surface area contributed by atoms with Crippen molar-refractivity contribution in [2.75, 3.05) is 23.4 Å². The number of ether oxygens (including phenoxy) is 1. The van der Waals surface area contributed by atoms with Gasteiger partial charge in [0, 0.05) is 65.0 Å². The first-order valence-corrected chi connectivity index (χ1v) is 21.6. The number of non-ortho nitro benzene ring substituents is 1. The van der Waals surface area contributed by atoms with Gasteiger partial charge in [-0.05, 0) is 54.0 Å². The average molecular weight is 778 g/mol. The smallest absolute Gasteiger partial charge is 0.269 e. The van der Waals surface area contributed by atoms with Crippen LogP contribution in [0.25, 0.3) is 10.9 Å². The third kappa shape index (κ3) is 7.34. The SMILES string of the molecule is C[C@H]1[C@H]([Si](C)(C)F)[C@@H](CC(=O)N(CCO)Cc2ccccc2)O[C@]12C(=O)N(Cc1cccc(NC(=O)Cc3c[nH]c4ccccc34)c1)c1ccc([N+](=O)[O-])cc12. The van der Waals surface area contributed by atoms with E-state index in [-0.39, 0.29) is 62.1 Å². The highest BCUT2D eigenvalue weighted by molar-refractivity contribution is 6.72. The number of halogens is 1. The van der Waals surface area contributed by atoms with E-state index in [9.17, 15) is 29.6 Å². The van der Waals surface area contributed by atoms with E-state index in [1.165, 1.54) is 41.1 Å². The van der Waals surface area contributed by atoms with E-state index in [1.807, 2.05) is 66.9 Å². The fourth-order valence-electron chi connectivity index (χ4n) is 8.61. The summed E-state index contributed by atoms with van der Waals surface area (Å²) in [7, 11) is -3.67. The van der Waals surface area contributed by atoms with Gasteiger partial charge < -0.3 is 34.1 Å². The topological polar surface area (TPSA) is 158 Å². The van der Waals surface area contributed by atoms with Crippen LogP contribution in [0.4, 0.5) is 21.2 Å². The Morgan fingerprint density at radius 3 is 2.50 bits per heavy atom. The van der Waals surface area contributed by atoms with Crippen LogP contribution in [0.5, 0.6) is 0 Å². The Hall–Kier alpha value is -5.70. The van der Waals surface area contributed by atoms with Crippen molar-refractivity contribution < 1.29 is 33.3 Å². The molecule has 3 heterocycles. The van der Waals surface area contributed by atoms with Crippen LogP contribution in [0.2, 0.25) is 18.6 Å². The standard InChI is InChI=1S/C42H44FN5O7Si/c1-27-40(56(2,3)43)37(23-39(51)46(18-19-49)25-28-10-5-4-6-11-28)55-42(27)34-22-32(48(53)54)16-17-36(34)47(41(42)52)26-29-12-9-13-31(20-29)45-38(50)21-30-24-44-35-15-8-7-14-33(30)35/h4-17,20,22,24,27,37,40,44,49H,18-19,21,23,25-26H2,1-3H3,(H,45,50)/t27-,37+,40-,42+/m0/s1. The molecule has 1 spiro atoms. The number of carbonyl (C=O) groups is 3. The van der Waals surface area contributed by atoms with Gasteiger partial charge in [0.25, 0.3) is 11.6 Å². The molecular weight excluding hydrogens is 734 g/mol. The van der Waals surface area contributed by atoms with Crippen LogP contribution in [-0.2, 0) is 44.2 Å². The lowest BCUT2D eigenvalue weighted by Gasteiger charge is -2.31. The summed E-state index contributed by atoms with van der Waals surface area (Å²) in [5.74, 6) is -1.89. The van der Waals surface area contributed by atoms with Gasteiger partial charge in [0.05, 0.1) is 42.7 Å². The molecule has 0 unspecified atom stereocenters. The number of fused-ring (bicyclic) bond motifs is 3. The van der Waals surface area contributed by atoms with Crippen molar-refractivity contribution in [3.63, 3.8) is 0 Å². The van der Waals surface area contributed by atoms with Crippen molar-refractivity contribution in [2.45, 2.75) is 63.2 Å². The Kier molecular flexibility index (Phi) is 10.6. The number of nitro groups is 1. The first-order valence-electron chi connectivity index (χ1n) is 18.6. The second-order valence-corrected chi connectivity index (χ2v) is 18.9. The number of nitrogens with one attached hydrogen (secondary N) is 2. The minimum Gasteiger partial charge on any atom is -0.395 e. The summed E-state index contributed by atoms with van der Waals surface area (Å²) in [6.07, 6.45) is 0.692. The van der Waals surface area contributed by atoms with Gasteiger partial charge in [-0.25, -0.2) is 0 Å². The predicted octanol–water partition coefficient (Wildman–Crippen LogP) is 6.99. The molecule has 0 aliphatic carbocycles. The van der Waals surface area contributed by atoms with Crippen LogP contribution in [-0.4, -0.2) is 65.3 Å². The fourth-order valence-corrected chi connectivity index (χ4v) is 11.1. The molecule has 14 heteroatoms. The van der Waals surface area contributed by atoms with Gasteiger partial charge in [-0.15, -0.1) is 0 Å². The lowest BCUT2D eigenvalue weighted by molar-refractivity contribution is -0.385. The molecule has 0 saturated carbocycles. The van der Waals surface area contributed by atoms with Crippen LogP contribution in [0, 0.1) is 16.0 Å². The van der Waals surface area contributed by atoms with Gasteiger partial charge in [-0.2, -0.15) is 0 Å². The quantitative estimate of drug-likeness (QED) is 0.0503. The summed E-state index contributed by atoms with van der Waals surface area (Å²) >= 11 is 0. The number of aromatic amines is 1. The largest absolute Gasteiger partial charge is 0.395 e. The number of hydrogen-bond donors (Lipinski definition) is 3. The molecule has 4 aromatic carbocycles. The lowest BCUT2D eigenvalue weighted by atomic mass is 9.82. The van der Waals surface area contributed by atoms with Crippen LogP contribution in [0.15, 0.2) is 103 Å². The number of nitro benzene ring substituents is 1. The molecule has 2 aliphatic rings. The third-order valence-corrected chi connectivity index (χ3v) is 13.5. The highest BCUT2D eigenvalue weighted by Gasteiger charge is 2.67. The van der Waals surface area contributed by atoms with Crippen molar-refractivity contribution >= 4 is 54.1 Å². The molecule has 290 valence electrons. The molecule has 0 radical (unpaired) electrons. The number of aromatic nitrogens is 1. The molecule has 2 aliphatic heterocycles. The molecule has 7 rings (SSSR count). The van der Waals surface area contributed by atoms with E-state index in [0.717, 1.165) is 22.0 Å². The summed E-state index contributed by atoms with van der Waals surface area (Å²) in [6.45, 7) is 4.79. The highest BCUT2D eigenvalue weighted by atomic mass is 28.4. The molecule has 3 N–H and O–H groups in total. The van der Waals surface area contributed by atoms with Gasteiger partial charge in [0.2, 0.25) is 20.2 Å². The van der Waals surface area contributed by atoms with Crippen molar-refractivity contribution in [2.24, 2.45) is 5.92 Å². The van der Waals surface area contributed by atoms with E-state index in [4.69, 9.17) is 4.74 Å². The summed E-state index contributed by atoms with van der Waals surface area (Å²) in [5, 5.41) is 25.8. The molecule has 1 aromatic heterocycles. The Labute approximate surface area is 324 Å². The molecule has 56 heavy (non-hydrogen) atoms. The maximum absolute atomic E-state index is 16.5. The Balaban J connectivity index is 1.17. The number of carbonyl (C=O) groups excluding carboxylic acids is 3. The minimum absolute atomic E-state index is 0.0275.